The topological polar surface area (TPSA) is 156 Å². The fourth-order valence-electron chi connectivity index (χ4n) is 4.92. The van der Waals surface area contributed by atoms with Crippen LogP contribution in [0.2, 0.25) is 0 Å². The highest BCUT2D eigenvalue weighted by molar-refractivity contribution is 7.92. The Kier molecular flexibility index (Phi) is 8.43. The number of rotatable bonds is 10. The molecule has 3 aromatic rings. The molecule has 0 aliphatic carbocycles. The molecule has 40 heavy (non-hydrogen) atoms. The second kappa shape index (κ2) is 11.6. The predicted octanol–water partition coefficient (Wildman–Crippen LogP) is 2.58. The zero-order valence-electron chi connectivity index (χ0n) is 22.6. The number of carbonyl (C=O) groups is 3. The Morgan fingerprint density at radius 3 is 2.55 bits per heavy atom. The Balaban J connectivity index is 1.67. The molecular formula is C27H32FN5O6S. The largest absolute Gasteiger partial charge is 0.437 e. The average Bonchev–Trinajstić information content (AvgIpc) is 3.55. The number of likely N-dealkylation sites (tertiary alicyclic amines) is 1. The number of sulfonamides is 1. The quantitative estimate of drug-likeness (QED) is 0.353. The number of furan rings is 1. The number of nitrogens with one attached hydrogen (secondary N) is 1. The lowest BCUT2D eigenvalue weighted by Crippen LogP contribution is -2.43. The van der Waals surface area contributed by atoms with E-state index in [4.69, 9.17) is 10.2 Å². The van der Waals surface area contributed by atoms with Crippen LogP contribution in [0, 0.1) is 5.82 Å². The van der Waals surface area contributed by atoms with Crippen molar-refractivity contribution in [3.05, 3.63) is 47.3 Å². The first-order chi connectivity index (χ1) is 18.9. The Morgan fingerprint density at radius 2 is 1.93 bits per heavy atom. The number of hydrogen-bond acceptors (Lipinski definition) is 7. The van der Waals surface area contributed by atoms with Crippen molar-refractivity contribution in [2.45, 2.75) is 44.6 Å². The van der Waals surface area contributed by atoms with Gasteiger partial charge >= 0.3 is 0 Å². The van der Waals surface area contributed by atoms with E-state index in [1.54, 1.807) is 6.07 Å². The molecule has 0 spiro atoms. The molecular weight excluding hydrogens is 541 g/mol. The molecule has 1 fully saturated rings. The lowest BCUT2D eigenvalue weighted by atomic mass is 10.0. The van der Waals surface area contributed by atoms with E-state index in [0.717, 1.165) is 17.0 Å². The molecule has 1 aliphatic heterocycles. The summed E-state index contributed by atoms with van der Waals surface area (Å²) < 4.78 is 45.4. The lowest BCUT2D eigenvalue weighted by molar-refractivity contribution is -0.137. The Morgan fingerprint density at radius 1 is 1.23 bits per heavy atom. The van der Waals surface area contributed by atoms with Gasteiger partial charge in [0.2, 0.25) is 27.6 Å². The Bertz CT molecular complexity index is 1550. The molecule has 1 saturated heterocycles. The first-order valence-corrected chi connectivity index (χ1v) is 14.7. The van der Waals surface area contributed by atoms with Gasteiger partial charge < -0.3 is 20.4 Å². The molecule has 0 bridgehead atoms. The predicted molar refractivity (Wildman–Crippen MR) is 148 cm³/mol. The molecule has 1 unspecified atom stereocenters. The van der Waals surface area contributed by atoms with Crippen LogP contribution < -0.4 is 15.4 Å². The smallest absolute Gasteiger partial charge is 0.255 e. The highest BCUT2D eigenvalue weighted by Crippen LogP contribution is 2.36. The summed E-state index contributed by atoms with van der Waals surface area (Å²) >= 11 is 0. The molecule has 4 rings (SSSR count). The van der Waals surface area contributed by atoms with Crippen LogP contribution in [-0.4, -0.2) is 69.0 Å². The van der Waals surface area contributed by atoms with Crippen molar-refractivity contribution in [3.63, 3.8) is 0 Å². The normalized spacial score (nSPS) is 15.4. The number of benzene rings is 1. The van der Waals surface area contributed by atoms with Crippen LogP contribution in [0.3, 0.4) is 0 Å². The summed E-state index contributed by atoms with van der Waals surface area (Å²) in [4.78, 5) is 43.3. The van der Waals surface area contributed by atoms with Crippen LogP contribution in [-0.2, 0) is 26.0 Å². The Labute approximate surface area is 231 Å². The van der Waals surface area contributed by atoms with E-state index in [1.807, 2.05) is 0 Å². The molecule has 11 nitrogen and oxygen atoms in total. The van der Waals surface area contributed by atoms with Crippen LogP contribution in [0.15, 0.2) is 34.7 Å². The number of primary amides is 1. The van der Waals surface area contributed by atoms with Crippen molar-refractivity contribution < 1.29 is 31.6 Å². The number of nitrogens with zero attached hydrogens (tertiary/aromatic N) is 3. The minimum atomic E-state index is -3.69. The molecule has 3 heterocycles. The van der Waals surface area contributed by atoms with Crippen LogP contribution in [0.4, 0.5) is 10.2 Å². The van der Waals surface area contributed by atoms with Crippen molar-refractivity contribution in [2.75, 3.05) is 31.2 Å². The third-order valence-electron chi connectivity index (χ3n) is 7.08. The van der Waals surface area contributed by atoms with Crippen LogP contribution in [0.1, 0.15) is 48.0 Å². The van der Waals surface area contributed by atoms with Crippen LogP contribution in [0.25, 0.3) is 22.4 Å². The minimum absolute atomic E-state index is 0.0499. The molecule has 0 radical (unpaired) electrons. The zero-order valence-corrected chi connectivity index (χ0v) is 23.4. The van der Waals surface area contributed by atoms with E-state index < -0.39 is 33.7 Å². The molecule has 13 heteroatoms. The van der Waals surface area contributed by atoms with Gasteiger partial charge in [-0.15, -0.1) is 0 Å². The molecule has 2 aromatic heterocycles. The monoisotopic (exact) mass is 573 g/mol. The van der Waals surface area contributed by atoms with Gasteiger partial charge in [-0.2, -0.15) is 4.98 Å². The number of pyridine rings is 1. The number of carbonyl (C=O) groups excluding carboxylic acids is 3. The van der Waals surface area contributed by atoms with E-state index >= 15 is 0 Å². The highest BCUT2D eigenvalue weighted by atomic mass is 32.2. The van der Waals surface area contributed by atoms with E-state index in [9.17, 15) is 27.2 Å². The number of anilines is 1. The summed E-state index contributed by atoms with van der Waals surface area (Å²) in [6.45, 7) is 0.496. The fraction of sp³-hybridized carbons (Fsp3) is 0.407. The number of halogens is 1. The van der Waals surface area contributed by atoms with E-state index in [2.05, 4.69) is 10.3 Å². The zero-order chi connectivity index (χ0) is 29.2. The van der Waals surface area contributed by atoms with Gasteiger partial charge in [0.25, 0.3) is 5.91 Å². The van der Waals surface area contributed by atoms with E-state index in [-0.39, 0.29) is 35.2 Å². The maximum Gasteiger partial charge on any atom is 0.255 e. The summed E-state index contributed by atoms with van der Waals surface area (Å²) in [7, 11) is -0.853. The maximum absolute atomic E-state index is 13.5. The van der Waals surface area contributed by atoms with Gasteiger partial charge in [-0.3, -0.25) is 18.7 Å². The Hall–Kier alpha value is -4.00. The standard InChI is InChI=1S/C27H32FN5O6S/c1-30-26(36)22-19-15-17(7-4-5-9-21(34)33-14-6-8-20(33)24(29)35)25(32(2)40(3,37)38)31-27(19)39-23(22)16-10-12-18(28)13-11-16/h10-13,15,20H,4-9,14H2,1-3H3,(H2,29,35)(H,30,36). The molecule has 1 aliphatic rings. The fourth-order valence-corrected chi connectivity index (χ4v) is 5.39. The van der Waals surface area contributed by atoms with Crippen molar-refractivity contribution in [1.29, 1.82) is 0 Å². The number of hydrogen-bond donors (Lipinski definition) is 2. The average molecular weight is 574 g/mol. The summed E-state index contributed by atoms with van der Waals surface area (Å²) in [6.07, 6.45) is 3.90. The van der Waals surface area contributed by atoms with E-state index in [1.165, 1.54) is 43.3 Å². The number of amides is 3. The third kappa shape index (κ3) is 5.93. The van der Waals surface area contributed by atoms with Crippen molar-refractivity contribution in [1.82, 2.24) is 15.2 Å². The van der Waals surface area contributed by atoms with Crippen LogP contribution >= 0.6 is 0 Å². The second-order valence-corrected chi connectivity index (χ2v) is 11.8. The van der Waals surface area contributed by atoms with Crippen molar-refractivity contribution in [2.24, 2.45) is 5.73 Å². The molecule has 0 saturated carbocycles. The van der Waals surface area contributed by atoms with Crippen molar-refractivity contribution >= 4 is 44.7 Å². The van der Waals surface area contributed by atoms with Gasteiger partial charge in [0.15, 0.2) is 0 Å². The third-order valence-corrected chi connectivity index (χ3v) is 8.25. The molecule has 214 valence electrons. The minimum Gasteiger partial charge on any atom is -0.437 e. The molecule has 3 N–H and O–H groups in total. The number of aryl methyl sites for hydroxylation is 1. The van der Waals surface area contributed by atoms with E-state index in [0.29, 0.717) is 48.7 Å². The number of nitrogens with two attached hydrogens (primary N) is 1. The van der Waals surface area contributed by atoms with Gasteiger partial charge in [0.1, 0.15) is 23.4 Å². The van der Waals surface area contributed by atoms with Gasteiger partial charge in [-0.1, -0.05) is 0 Å². The number of fused-ring (bicyclic) bond motifs is 1. The summed E-state index contributed by atoms with van der Waals surface area (Å²) in [5, 5.41) is 2.95. The van der Waals surface area contributed by atoms with Gasteiger partial charge in [-0.05, 0) is 68.0 Å². The maximum atomic E-state index is 13.5. The van der Waals surface area contributed by atoms with Gasteiger partial charge in [-0.25, -0.2) is 12.8 Å². The lowest BCUT2D eigenvalue weighted by Gasteiger charge is -2.22. The van der Waals surface area contributed by atoms with Gasteiger partial charge in [0, 0.05) is 32.6 Å². The molecule has 1 atom stereocenters. The first-order valence-electron chi connectivity index (χ1n) is 12.9. The molecule has 3 amide bonds. The number of unbranched alkanes of at least 4 members (excludes halogenated alkanes) is 1. The number of aromatic nitrogens is 1. The molecule has 1 aromatic carbocycles. The van der Waals surface area contributed by atoms with Gasteiger partial charge in [0.05, 0.1) is 17.2 Å². The summed E-state index contributed by atoms with van der Waals surface area (Å²) in [5.41, 5.74) is 6.66. The summed E-state index contributed by atoms with van der Waals surface area (Å²) in [6, 6.07) is 6.54. The highest BCUT2D eigenvalue weighted by Gasteiger charge is 2.32. The first kappa shape index (κ1) is 29.0. The van der Waals surface area contributed by atoms with Crippen LogP contribution in [0.5, 0.6) is 0 Å². The van der Waals surface area contributed by atoms with Crippen molar-refractivity contribution in [3.8, 4) is 11.3 Å². The SMILES string of the molecule is CNC(=O)c1c(-c2ccc(F)cc2)oc2nc(N(C)S(C)(=O)=O)c(CCCCC(=O)N3CCCC3C(N)=O)cc12. The second-order valence-electron chi connectivity index (χ2n) is 9.80. The summed E-state index contributed by atoms with van der Waals surface area (Å²) in [5.74, 6) is -1.25.